The van der Waals surface area contributed by atoms with Crippen LogP contribution >= 0.6 is 0 Å². The van der Waals surface area contributed by atoms with Gasteiger partial charge in [-0.15, -0.1) is 0 Å². The Morgan fingerprint density at radius 2 is 1.50 bits per heavy atom. The Kier molecular flexibility index (Phi) is 8.14. The van der Waals surface area contributed by atoms with Crippen molar-refractivity contribution in [1.29, 1.82) is 0 Å². The van der Waals surface area contributed by atoms with Gasteiger partial charge in [-0.05, 0) is 60.7 Å². The number of amides is 1. The van der Waals surface area contributed by atoms with E-state index in [1.54, 1.807) is 36.4 Å². The van der Waals surface area contributed by atoms with E-state index in [0.717, 1.165) is 16.7 Å². The summed E-state index contributed by atoms with van der Waals surface area (Å²) in [7, 11) is -3.58. The molecule has 3 aromatic carbocycles. The van der Waals surface area contributed by atoms with Crippen LogP contribution in [-0.2, 0) is 27.7 Å². The number of carbonyl (C=O) groups excluding carboxylic acids is 1. The number of hydrogen-bond donors (Lipinski definition) is 2. The number of aryl methyl sites for hydroxylation is 1. The summed E-state index contributed by atoms with van der Waals surface area (Å²) in [6.07, 6.45) is 1.38. The van der Waals surface area contributed by atoms with Crippen molar-refractivity contribution < 1.29 is 17.6 Å². The molecule has 0 unspecified atom stereocenters. The second kappa shape index (κ2) is 11.0. The van der Waals surface area contributed by atoms with Crippen molar-refractivity contribution in [3.63, 3.8) is 0 Å². The minimum Gasteiger partial charge on any atom is -0.350 e. The van der Waals surface area contributed by atoms with Gasteiger partial charge in [0.2, 0.25) is 15.9 Å². The molecule has 0 heterocycles. The molecule has 0 aliphatic heterocycles. The first-order valence-electron chi connectivity index (χ1n) is 10.5. The van der Waals surface area contributed by atoms with Crippen LogP contribution in [0, 0.1) is 5.82 Å². The number of sulfonamides is 1. The predicted molar refractivity (Wildman–Crippen MR) is 123 cm³/mol. The molecule has 168 valence electrons. The molecule has 0 aliphatic rings. The lowest BCUT2D eigenvalue weighted by Crippen LogP contribution is -2.27. The molecule has 3 aromatic rings. The molecule has 1 amide bonds. The molecule has 3 rings (SSSR count). The maximum absolute atomic E-state index is 13.0. The Labute approximate surface area is 188 Å². The Bertz CT molecular complexity index is 1120. The van der Waals surface area contributed by atoms with Crippen LogP contribution in [0.4, 0.5) is 4.39 Å². The van der Waals surface area contributed by atoms with Crippen LogP contribution in [0.25, 0.3) is 0 Å². The van der Waals surface area contributed by atoms with Gasteiger partial charge in [0.1, 0.15) is 5.82 Å². The second-order valence-corrected chi connectivity index (χ2v) is 9.39. The predicted octanol–water partition coefficient (Wildman–Crippen LogP) is 4.16. The standard InChI is InChI=1S/C25H27FN2O3S/c1-19(22-10-12-23(26)13-11-22)28-25(29)16-9-21-7-14-24(15-8-21)32(30,31)27-18-17-20-5-3-2-4-6-20/h2-8,10-15,19,27H,9,16-18H2,1H3,(H,28,29)/t19-/m0/s1. The van der Waals surface area contributed by atoms with Gasteiger partial charge in [-0.3, -0.25) is 4.79 Å². The summed E-state index contributed by atoms with van der Waals surface area (Å²) in [5, 5.41) is 2.89. The molecular formula is C25H27FN2O3S. The van der Waals surface area contributed by atoms with Crippen molar-refractivity contribution in [2.75, 3.05) is 6.54 Å². The van der Waals surface area contributed by atoms with Crippen LogP contribution in [0.3, 0.4) is 0 Å². The van der Waals surface area contributed by atoms with Crippen LogP contribution in [0.5, 0.6) is 0 Å². The smallest absolute Gasteiger partial charge is 0.240 e. The zero-order valence-electron chi connectivity index (χ0n) is 17.9. The minimum absolute atomic E-state index is 0.124. The second-order valence-electron chi connectivity index (χ2n) is 7.62. The van der Waals surface area contributed by atoms with E-state index in [-0.39, 0.29) is 29.1 Å². The third-order valence-corrected chi connectivity index (χ3v) is 6.65. The van der Waals surface area contributed by atoms with Gasteiger partial charge < -0.3 is 5.32 Å². The van der Waals surface area contributed by atoms with Crippen LogP contribution in [-0.4, -0.2) is 20.9 Å². The fourth-order valence-electron chi connectivity index (χ4n) is 3.30. The van der Waals surface area contributed by atoms with Gasteiger partial charge in [-0.25, -0.2) is 17.5 Å². The summed E-state index contributed by atoms with van der Waals surface area (Å²) in [4.78, 5) is 12.4. The lowest BCUT2D eigenvalue weighted by atomic mass is 10.1. The van der Waals surface area contributed by atoms with Crippen LogP contribution < -0.4 is 10.0 Å². The van der Waals surface area contributed by atoms with Gasteiger partial charge in [0, 0.05) is 13.0 Å². The summed E-state index contributed by atoms with van der Waals surface area (Å²) in [6, 6.07) is 22.0. The highest BCUT2D eigenvalue weighted by molar-refractivity contribution is 7.89. The normalized spacial score (nSPS) is 12.3. The van der Waals surface area contributed by atoms with Gasteiger partial charge in [-0.1, -0.05) is 54.6 Å². The molecule has 5 nitrogen and oxygen atoms in total. The number of halogens is 1. The molecule has 0 fully saturated rings. The molecule has 7 heteroatoms. The molecule has 2 N–H and O–H groups in total. The lowest BCUT2D eigenvalue weighted by Gasteiger charge is -2.14. The number of rotatable bonds is 10. The average molecular weight is 455 g/mol. The fourth-order valence-corrected chi connectivity index (χ4v) is 4.33. The number of nitrogens with one attached hydrogen (secondary N) is 2. The van der Waals surface area contributed by atoms with Crippen LogP contribution in [0.1, 0.15) is 36.1 Å². The van der Waals surface area contributed by atoms with Crippen molar-refractivity contribution in [1.82, 2.24) is 10.0 Å². The SMILES string of the molecule is C[C@H](NC(=O)CCc1ccc(S(=O)(=O)NCCc2ccccc2)cc1)c1ccc(F)cc1. The summed E-state index contributed by atoms with van der Waals surface area (Å²) in [5.41, 5.74) is 2.77. The largest absolute Gasteiger partial charge is 0.350 e. The van der Waals surface area contributed by atoms with Crippen molar-refractivity contribution in [3.8, 4) is 0 Å². The van der Waals surface area contributed by atoms with Gasteiger partial charge in [0.15, 0.2) is 0 Å². The molecular weight excluding hydrogens is 427 g/mol. The molecule has 0 spiro atoms. The molecule has 0 bridgehead atoms. The third kappa shape index (κ3) is 7.00. The topological polar surface area (TPSA) is 75.3 Å². The molecule has 1 atom stereocenters. The highest BCUT2D eigenvalue weighted by atomic mass is 32.2. The van der Waals surface area contributed by atoms with Gasteiger partial charge >= 0.3 is 0 Å². The third-order valence-electron chi connectivity index (χ3n) is 5.17. The van der Waals surface area contributed by atoms with E-state index in [9.17, 15) is 17.6 Å². The molecule has 0 aromatic heterocycles. The van der Waals surface area contributed by atoms with E-state index in [1.165, 1.54) is 12.1 Å². The van der Waals surface area contributed by atoms with E-state index in [0.29, 0.717) is 19.4 Å². The van der Waals surface area contributed by atoms with E-state index >= 15 is 0 Å². The van der Waals surface area contributed by atoms with Crippen LogP contribution in [0.2, 0.25) is 0 Å². The van der Waals surface area contributed by atoms with Crippen molar-refractivity contribution >= 4 is 15.9 Å². The number of benzene rings is 3. The molecule has 0 saturated carbocycles. The zero-order chi connectivity index (χ0) is 23.0. The summed E-state index contributed by atoms with van der Waals surface area (Å²) < 4.78 is 40.6. The van der Waals surface area contributed by atoms with E-state index in [4.69, 9.17) is 0 Å². The van der Waals surface area contributed by atoms with E-state index in [1.807, 2.05) is 37.3 Å². The first-order valence-corrected chi connectivity index (χ1v) is 12.0. The maximum Gasteiger partial charge on any atom is 0.240 e. The molecule has 0 aliphatic carbocycles. The van der Waals surface area contributed by atoms with Crippen molar-refractivity contribution in [2.24, 2.45) is 0 Å². The minimum atomic E-state index is -3.58. The first-order chi connectivity index (χ1) is 15.3. The lowest BCUT2D eigenvalue weighted by molar-refractivity contribution is -0.121. The van der Waals surface area contributed by atoms with Crippen molar-refractivity contribution in [2.45, 2.75) is 37.1 Å². The Morgan fingerprint density at radius 1 is 0.875 bits per heavy atom. The number of hydrogen-bond acceptors (Lipinski definition) is 3. The quantitative estimate of drug-likeness (QED) is 0.483. The maximum atomic E-state index is 13.0. The monoisotopic (exact) mass is 454 g/mol. The highest BCUT2D eigenvalue weighted by Crippen LogP contribution is 2.15. The van der Waals surface area contributed by atoms with Crippen molar-refractivity contribution in [3.05, 3.63) is 101 Å². The van der Waals surface area contributed by atoms with E-state index in [2.05, 4.69) is 10.0 Å². The van der Waals surface area contributed by atoms with Crippen LogP contribution in [0.15, 0.2) is 83.8 Å². The summed E-state index contributed by atoms with van der Waals surface area (Å²) in [6.45, 7) is 2.16. The summed E-state index contributed by atoms with van der Waals surface area (Å²) in [5.74, 6) is -0.440. The molecule has 32 heavy (non-hydrogen) atoms. The van der Waals surface area contributed by atoms with Gasteiger partial charge in [0.25, 0.3) is 0 Å². The fraction of sp³-hybridized carbons (Fsp3) is 0.240. The average Bonchev–Trinajstić information content (AvgIpc) is 2.79. The Morgan fingerprint density at radius 3 is 2.16 bits per heavy atom. The zero-order valence-corrected chi connectivity index (χ0v) is 18.7. The first kappa shape index (κ1) is 23.6. The Balaban J connectivity index is 1.47. The van der Waals surface area contributed by atoms with Gasteiger partial charge in [-0.2, -0.15) is 0 Å². The van der Waals surface area contributed by atoms with Gasteiger partial charge in [0.05, 0.1) is 10.9 Å². The number of carbonyl (C=O) groups is 1. The molecule has 0 radical (unpaired) electrons. The Hall–Kier alpha value is -3.03. The summed E-state index contributed by atoms with van der Waals surface area (Å²) >= 11 is 0. The van der Waals surface area contributed by atoms with E-state index < -0.39 is 10.0 Å². The highest BCUT2D eigenvalue weighted by Gasteiger charge is 2.14. The molecule has 0 saturated heterocycles.